The minimum absolute atomic E-state index is 1.97. The second-order valence-corrected chi connectivity index (χ2v) is 2.21. The van der Waals surface area contributed by atoms with Crippen molar-refractivity contribution in [3.8, 4) is 0 Å². The maximum Gasteiger partial charge on any atom is 0.344 e. The summed E-state index contributed by atoms with van der Waals surface area (Å²) in [6.07, 6.45) is 0. The van der Waals surface area contributed by atoms with Crippen molar-refractivity contribution in [2.24, 2.45) is 0 Å². The molecule has 43 valence electrons. The molecule has 0 fully saturated rings. The molecule has 0 aromatic rings. The number of alkyl halides is 4. The van der Waals surface area contributed by atoms with Crippen molar-refractivity contribution in [2.75, 3.05) is 0 Å². The maximum atomic E-state index is 11.3. The molecular weight excluding hydrogens is 193 g/mol. The van der Waals surface area contributed by atoms with Gasteiger partial charge in [0.05, 0.1) is 0 Å². The van der Waals surface area contributed by atoms with Gasteiger partial charge in [0.25, 0.3) is 0 Å². The summed E-state index contributed by atoms with van der Waals surface area (Å²) in [6.45, 7) is 0. The van der Waals surface area contributed by atoms with Crippen LogP contribution in [0.5, 0.6) is 0 Å². The van der Waals surface area contributed by atoms with Gasteiger partial charge in [0.1, 0.15) is 0 Å². The lowest BCUT2D eigenvalue weighted by Gasteiger charge is -2.04. The van der Waals surface area contributed by atoms with Crippen molar-refractivity contribution in [3.05, 3.63) is 0 Å². The van der Waals surface area contributed by atoms with Crippen molar-refractivity contribution in [1.29, 1.82) is 0 Å². The molecular formula is C2HBrF3S. The summed E-state index contributed by atoms with van der Waals surface area (Å²) in [4.78, 5) is 0. The molecule has 0 aliphatic carbocycles. The molecule has 0 heterocycles. The number of hydrogen-bond acceptors (Lipinski definition) is 0. The first-order valence-electron chi connectivity index (χ1n) is 1.31. The second kappa shape index (κ2) is 2.26. The molecule has 0 aliphatic heterocycles. The Balaban J connectivity index is 3.54. The Morgan fingerprint density at radius 3 is 1.71 bits per heavy atom. The Labute approximate surface area is 52.6 Å². The highest BCUT2D eigenvalue weighted by atomic mass is 79.9. The fourth-order valence-electron chi connectivity index (χ4n) is 0. The van der Waals surface area contributed by atoms with Crippen LogP contribution < -0.4 is 0 Å². The van der Waals surface area contributed by atoms with Gasteiger partial charge >= 0.3 is 5.25 Å². The summed E-state index contributed by atoms with van der Waals surface area (Å²) >= 11 is 5.33. The van der Waals surface area contributed by atoms with Gasteiger partial charge in [-0.1, -0.05) is 0 Å². The van der Waals surface area contributed by atoms with Crippen LogP contribution in [-0.4, -0.2) is 10.3 Å². The molecule has 0 bridgehead atoms. The van der Waals surface area contributed by atoms with E-state index < -0.39 is 10.3 Å². The van der Waals surface area contributed by atoms with E-state index in [2.05, 4.69) is 12.6 Å². The van der Waals surface area contributed by atoms with Crippen molar-refractivity contribution < 1.29 is 13.2 Å². The van der Waals surface area contributed by atoms with Gasteiger partial charge in [0.15, 0.2) is 0 Å². The van der Waals surface area contributed by atoms with Gasteiger partial charge in [-0.25, -0.2) is 4.39 Å². The number of halogens is 4. The highest BCUT2D eigenvalue weighted by Gasteiger charge is 2.34. The third-order valence-corrected chi connectivity index (χ3v) is 1.34. The van der Waals surface area contributed by atoms with Crippen LogP contribution in [-0.2, 0) is 0 Å². The molecule has 0 saturated heterocycles. The molecule has 0 nitrogen and oxygen atoms in total. The van der Waals surface area contributed by atoms with E-state index in [1.165, 1.54) is 0 Å². The minimum atomic E-state index is -3.67. The molecule has 5 heteroatoms. The molecule has 0 N–H and O–H groups in total. The van der Waals surface area contributed by atoms with Gasteiger partial charge in [0.2, 0.25) is 5.08 Å². The lowest BCUT2D eigenvalue weighted by molar-refractivity contribution is 0.0628. The summed E-state index contributed by atoms with van der Waals surface area (Å²) < 4.78 is 33.7. The summed E-state index contributed by atoms with van der Waals surface area (Å²) in [5, 5.41) is -6.07. The van der Waals surface area contributed by atoms with E-state index in [0.29, 0.717) is 0 Å². The topological polar surface area (TPSA) is 0 Å². The van der Waals surface area contributed by atoms with Crippen molar-refractivity contribution in [3.63, 3.8) is 0 Å². The van der Waals surface area contributed by atoms with Crippen molar-refractivity contribution in [2.45, 2.75) is 10.3 Å². The molecule has 1 atom stereocenters. The Morgan fingerprint density at radius 2 is 1.71 bits per heavy atom. The van der Waals surface area contributed by atoms with Gasteiger partial charge in [-0.2, -0.15) is 8.78 Å². The Bertz CT molecular complexity index is 58.4. The van der Waals surface area contributed by atoms with Crippen molar-refractivity contribution in [1.82, 2.24) is 0 Å². The summed E-state index contributed by atoms with van der Waals surface area (Å²) in [5.41, 5.74) is 0. The molecule has 7 heavy (non-hydrogen) atoms. The van der Waals surface area contributed by atoms with E-state index in [4.69, 9.17) is 0 Å². The Morgan fingerprint density at radius 1 is 1.57 bits per heavy atom. The molecule has 0 saturated carbocycles. The summed E-state index contributed by atoms with van der Waals surface area (Å²) in [7, 11) is 0. The van der Waals surface area contributed by atoms with Crippen LogP contribution in [0.4, 0.5) is 13.2 Å². The van der Waals surface area contributed by atoms with Crippen LogP contribution in [0.3, 0.4) is 0 Å². The molecule has 0 aromatic heterocycles. The van der Waals surface area contributed by atoms with Crippen LogP contribution >= 0.6 is 28.6 Å². The van der Waals surface area contributed by atoms with Crippen molar-refractivity contribution >= 4 is 28.6 Å². The van der Waals surface area contributed by atoms with E-state index in [9.17, 15) is 13.2 Å². The Kier molecular flexibility index (Phi) is 2.46. The quantitative estimate of drug-likeness (QED) is 0.562. The normalized spacial score (nSPS) is 16.7. The lowest BCUT2D eigenvalue weighted by atomic mass is 10.8. The second-order valence-electron chi connectivity index (χ2n) is 0.862. The highest BCUT2D eigenvalue weighted by Crippen LogP contribution is 2.28. The van der Waals surface area contributed by atoms with E-state index >= 15 is 0 Å². The zero-order chi connectivity index (χ0) is 6.08. The van der Waals surface area contributed by atoms with Crippen LogP contribution in [0.2, 0.25) is 0 Å². The highest BCUT2D eigenvalue weighted by molar-refractivity contribution is 9.09. The molecule has 1 unspecified atom stereocenters. The van der Waals surface area contributed by atoms with Gasteiger partial charge in [-0.15, -0.1) is 0 Å². The molecule has 0 amide bonds. The minimum Gasteiger partial charge on any atom is -0.227 e. The van der Waals surface area contributed by atoms with Gasteiger partial charge < -0.3 is 0 Å². The van der Waals surface area contributed by atoms with Crippen LogP contribution in [0.15, 0.2) is 0 Å². The smallest absolute Gasteiger partial charge is 0.227 e. The first-order chi connectivity index (χ1) is 2.94. The zero-order valence-electron chi connectivity index (χ0n) is 3.00. The van der Waals surface area contributed by atoms with E-state index in [1.807, 2.05) is 15.9 Å². The van der Waals surface area contributed by atoms with E-state index in [0.717, 1.165) is 0 Å². The van der Waals surface area contributed by atoms with Gasteiger partial charge in [-0.05, 0) is 28.6 Å². The maximum absolute atomic E-state index is 11.3. The fourth-order valence-corrected chi connectivity index (χ4v) is 0. The fraction of sp³-hybridized carbons (Fsp3) is 1.00. The van der Waals surface area contributed by atoms with Crippen LogP contribution in [0.25, 0.3) is 0 Å². The van der Waals surface area contributed by atoms with Gasteiger partial charge in [0, 0.05) is 0 Å². The first-order valence-corrected chi connectivity index (χ1v) is 2.63. The molecule has 0 aliphatic rings. The predicted octanol–water partition coefficient (Wildman–Crippen LogP) is 2.47. The first kappa shape index (κ1) is 7.62. The monoisotopic (exact) mass is 193 g/mol. The molecule has 0 spiro atoms. The SMILES string of the molecule is FC(Br)C(F)(F)[S]. The Hall–Kier alpha value is 0.620. The average Bonchev–Trinajstić information content (AvgIpc) is 1.31. The van der Waals surface area contributed by atoms with Crippen LogP contribution in [0.1, 0.15) is 0 Å². The number of hydrogen-bond donors (Lipinski definition) is 0. The molecule has 1 radical (unpaired) electrons. The third kappa shape index (κ3) is 3.22. The van der Waals surface area contributed by atoms with Gasteiger partial charge in [-0.3, -0.25) is 0 Å². The summed E-state index contributed by atoms with van der Waals surface area (Å²) in [6, 6.07) is 0. The average molecular weight is 194 g/mol. The molecule has 0 aromatic carbocycles. The van der Waals surface area contributed by atoms with E-state index in [-0.39, 0.29) is 0 Å². The van der Waals surface area contributed by atoms with E-state index in [1.54, 1.807) is 0 Å². The zero-order valence-corrected chi connectivity index (χ0v) is 5.40. The lowest BCUT2D eigenvalue weighted by Crippen LogP contribution is -2.15. The molecule has 0 rings (SSSR count). The predicted molar refractivity (Wildman–Crippen MR) is 26.4 cm³/mol. The number of rotatable bonds is 1. The summed E-state index contributed by atoms with van der Waals surface area (Å²) in [5.74, 6) is 0. The van der Waals surface area contributed by atoms with Crippen LogP contribution in [0, 0.1) is 0 Å². The third-order valence-electron chi connectivity index (χ3n) is 0.254. The standard InChI is InChI=1S/C2HBrF3S/c3-1(4)2(5,6)7/h1H. The largest absolute Gasteiger partial charge is 0.344 e.